The first kappa shape index (κ1) is 13.8. The number of esters is 1. The molecule has 0 fully saturated rings. The molecule has 1 rings (SSSR count). The first-order valence-corrected chi connectivity index (χ1v) is 5.43. The van der Waals surface area contributed by atoms with Crippen molar-refractivity contribution in [2.45, 2.75) is 26.7 Å². The van der Waals surface area contributed by atoms with Gasteiger partial charge in [-0.05, 0) is 25.5 Å². The van der Waals surface area contributed by atoms with Crippen molar-refractivity contribution in [3.05, 3.63) is 28.0 Å². The van der Waals surface area contributed by atoms with Crippen LogP contribution in [-0.4, -0.2) is 17.6 Å². The lowest BCUT2D eigenvalue weighted by atomic mass is 10.0. The van der Waals surface area contributed by atoms with E-state index in [9.17, 15) is 13.6 Å². The van der Waals surface area contributed by atoms with E-state index in [2.05, 4.69) is 4.98 Å². The molecule has 0 aromatic carbocycles. The van der Waals surface area contributed by atoms with E-state index < -0.39 is 12.4 Å². The van der Waals surface area contributed by atoms with Gasteiger partial charge in [0, 0.05) is 11.3 Å². The van der Waals surface area contributed by atoms with Gasteiger partial charge in [-0.1, -0.05) is 11.6 Å². The van der Waals surface area contributed by atoms with Crippen LogP contribution in [0.15, 0.2) is 6.07 Å². The number of rotatable bonds is 4. The van der Waals surface area contributed by atoms with Gasteiger partial charge in [0.05, 0.1) is 13.0 Å². The third-order valence-corrected chi connectivity index (χ3v) is 2.36. The molecular formula is C11H12ClF2NO2. The van der Waals surface area contributed by atoms with Crippen LogP contribution < -0.4 is 0 Å². The molecule has 0 saturated carbocycles. The minimum absolute atomic E-state index is 0.0891. The summed E-state index contributed by atoms with van der Waals surface area (Å²) >= 11 is 5.68. The molecule has 0 bridgehead atoms. The SMILES string of the molecule is CCOC(=O)Cc1cc(Cl)nc(C)c1C(F)F. The maximum atomic E-state index is 12.8. The van der Waals surface area contributed by atoms with Crippen molar-refractivity contribution in [1.82, 2.24) is 4.98 Å². The zero-order chi connectivity index (χ0) is 13.0. The summed E-state index contributed by atoms with van der Waals surface area (Å²) in [5.74, 6) is -0.559. The Hall–Kier alpha value is -1.23. The van der Waals surface area contributed by atoms with Gasteiger partial charge in [-0.3, -0.25) is 4.79 Å². The van der Waals surface area contributed by atoms with Gasteiger partial charge >= 0.3 is 5.97 Å². The second kappa shape index (κ2) is 5.91. The second-order valence-electron chi connectivity index (χ2n) is 3.39. The van der Waals surface area contributed by atoms with Gasteiger partial charge < -0.3 is 4.74 Å². The normalized spacial score (nSPS) is 10.7. The fourth-order valence-corrected chi connectivity index (χ4v) is 1.78. The molecular weight excluding hydrogens is 252 g/mol. The predicted octanol–water partition coefficient (Wildman–Crippen LogP) is 3.09. The fourth-order valence-electron chi connectivity index (χ4n) is 1.52. The Kier molecular flexibility index (Phi) is 4.81. The largest absolute Gasteiger partial charge is 0.466 e. The highest BCUT2D eigenvalue weighted by Gasteiger charge is 2.20. The Morgan fingerprint density at radius 1 is 1.59 bits per heavy atom. The van der Waals surface area contributed by atoms with Gasteiger partial charge in [0.25, 0.3) is 6.43 Å². The number of hydrogen-bond donors (Lipinski definition) is 0. The maximum absolute atomic E-state index is 12.8. The lowest BCUT2D eigenvalue weighted by Gasteiger charge is -2.11. The van der Waals surface area contributed by atoms with Gasteiger partial charge in [-0.15, -0.1) is 0 Å². The highest BCUT2D eigenvalue weighted by Crippen LogP contribution is 2.28. The van der Waals surface area contributed by atoms with E-state index in [1.807, 2.05) is 0 Å². The van der Waals surface area contributed by atoms with E-state index in [0.717, 1.165) is 0 Å². The van der Waals surface area contributed by atoms with Gasteiger partial charge in [0.2, 0.25) is 0 Å². The van der Waals surface area contributed by atoms with E-state index in [-0.39, 0.29) is 35.0 Å². The van der Waals surface area contributed by atoms with E-state index in [1.54, 1.807) is 6.92 Å². The average molecular weight is 264 g/mol. The second-order valence-corrected chi connectivity index (χ2v) is 3.77. The first-order chi connectivity index (χ1) is 7.95. The Bertz CT molecular complexity index is 424. The number of aryl methyl sites for hydroxylation is 1. The molecule has 0 atom stereocenters. The lowest BCUT2D eigenvalue weighted by molar-refractivity contribution is -0.142. The molecule has 0 saturated heterocycles. The molecule has 0 N–H and O–H groups in total. The van der Waals surface area contributed by atoms with Crippen molar-refractivity contribution in [1.29, 1.82) is 0 Å². The third-order valence-electron chi connectivity index (χ3n) is 2.16. The molecule has 0 spiro atoms. The van der Waals surface area contributed by atoms with E-state index in [0.29, 0.717) is 0 Å². The number of nitrogens with zero attached hydrogens (tertiary/aromatic N) is 1. The Balaban J connectivity index is 3.08. The molecule has 0 aliphatic carbocycles. The van der Waals surface area contributed by atoms with Crippen molar-refractivity contribution in [3.63, 3.8) is 0 Å². The summed E-state index contributed by atoms with van der Waals surface area (Å²) < 4.78 is 30.4. The number of alkyl halides is 2. The molecule has 0 radical (unpaired) electrons. The van der Waals surface area contributed by atoms with Crippen molar-refractivity contribution in [3.8, 4) is 0 Å². The Labute approximate surface area is 103 Å². The molecule has 1 heterocycles. The van der Waals surface area contributed by atoms with Crippen LogP contribution in [0.1, 0.15) is 30.2 Å². The monoisotopic (exact) mass is 263 g/mol. The minimum Gasteiger partial charge on any atom is -0.466 e. The summed E-state index contributed by atoms with van der Waals surface area (Å²) in [4.78, 5) is 15.0. The van der Waals surface area contributed by atoms with Crippen LogP contribution in [0.3, 0.4) is 0 Å². The standard InChI is InChI=1S/C11H12ClF2NO2/c1-3-17-9(16)5-7-4-8(12)15-6(2)10(7)11(13)14/h4,11H,3,5H2,1-2H3. The Morgan fingerprint density at radius 3 is 2.76 bits per heavy atom. The first-order valence-electron chi connectivity index (χ1n) is 5.05. The van der Waals surface area contributed by atoms with Gasteiger partial charge in [-0.2, -0.15) is 0 Å². The number of halogens is 3. The molecule has 17 heavy (non-hydrogen) atoms. The highest BCUT2D eigenvalue weighted by molar-refractivity contribution is 6.29. The molecule has 0 amide bonds. The van der Waals surface area contributed by atoms with E-state index in [4.69, 9.17) is 16.3 Å². The van der Waals surface area contributed by atoms with Crippen LogP contribution >= 0.6 is 11.6 Å². The van der Waals surface area contributed by atoms with Crippen LogP contribution in [0.25, 0.3) is 0 Å². The number of ether oxygens (including phenoxy) is 1. The zero-order valence-corrected chi connectivity index (χ0v) is 10.2. The molecule has 0 aliphatic rings. The molecule has 94 valence electrons. The minimum atomic E-state index is -2.69. The molecule has 0 unspecified atom stereocenters. The molecule has 1 aromatic heterocycles. The van der Waals surface area contributed by atoms with E-state index >= 15 is 0 Å². The lowest BCUT2D eigenvalue weighted by Crippen LogP contribution is -2.11. The fraction of sp³-hybridized carbons (Fsp3) is 0.455. The summed E-state index contributed by atoms with van der Waals surface area (Å²) in [6.45, 7) is 3.29. The number of aromatic nitrogens is 1. The number of carbonyl (C=O) groups is 1. The third kappa shape index (κ3) is 3.63. The van der Waals surface area contributed by atoms with Gasteiger partial charge in [0.15, 0.2) is 0 Å². The summed E-state index contributed by atoms with van der Waals surface area (Å²) in [7, 11) is 0. The van der Waals surface area contributed by atoms with Crippen LogP contribution in [-0.2, 0) is 16.0 Å². The highest BCUT2D eigenvalue weighted by atomic mass is 35.5. The van der Waals surface area contributed by atoms with Crippen LogP contribution in [0.4, 0.5) is 8.78 Å². The van der Waals surface area contributed by atoms with Gasteiger partial charge in [0.1, 0.15) is 5.15 Å². The van der Waals surface area contributed by atoms with Crippen molar-refractivity contribution in [2.75, 3.05) is 6.61 Å². The Morgan fingerprint density at radius 2 is 2.24 bits per heavy atom. The smallest absolute Gasteiger partial charge is 0.310 e. The molecule has 6 heteroatoms. The number of carbonyl (C=O) groups excluding carboxylic acids is 1. The number of hydrogen-bond acceptors (Lipinski definition) is 3. The summed E-state index contributed by atoms with van der Waals surface area (Å²) in [6, 6.07) is 1.27. The topological polar surface area (TPSA) is 39.2 Å². The summed E-state index contributed by atoms with van der Waals surface area (Å²) in [5, 5.41) is 0.0891. The summed E-state index contributed by atoms with van der Waals surface area (Å²) in [5.41, 5.74) is 0.0465. The predicted molar refractivity (Wildman–Crippen MR) is 59.3 cm³/mol. The quantitative estimate of drug-likeness (QED) is 0.619. The van der Waals surface area contributed by atoms with Crippen molar-refractivity contribution < 1.29 is 18.3 Å². The molecule has 1 aromatic rings. The van der Waals surface area contributed by atoms with Crippen LogP contribution in [0.5, 0.6) is 0 Å². The van der Waals surface area contributed by atoms with Crippen molar-refractivity contribution >= 4 is 17.6 Å². The maximum Gasteiger partial charge on any atom is 0.310 e. The molecule has 0 aliphatic heterocycles. The van der Waals surface area contributed by atoms with Gasteiger partial charge in [-0.25, -0.2) is 13.8 Å². The van der Waals surface area contributed by atoms with Crippen LogP contribution in [0, 0.1) is 6.92 Å². The number of pyridine rings is 1. The van der Waals surface area contributed by atoms with E-state index in [1.165, 1.54) is 13.0 Å². The molecule has 3 nitrogen and oxygen atoms in total. The summed E-state index contributed by atoms with van der Waals surface area (Å²) in [6.07, 6.45) is -2.92. The van der Waals surface area contributed by atoms with Crippen LogP contribution in [0.2, 0.25) is 5.15 Å². The average Bonchev–Trinajstić information content (AvgIpc) is 2.15. The zero-order valence-electron chi connectivity index (χ0n) is 9.47. The van der Waals surface area contributed by atoms with Crippen molar-refractivity contribution in [2.24, 2.45) is 0 Å².